The van der Waals surface area contributed by atoms with Crippen LogP contribution in [0.4, 0.5) is 11.6 Å². The molecule has 2 aliphatic rings. The molecule has 1 aromatic carbocycles. The van der Waals surface area contributed by atoms with Crippen molar-refractivity contribution in [2.75, 3.05) is 56.2 Å². The standard InChI is InChI=1S/C21H27N7O2/c1-2-4-16(5-3-1)14-22-20-21(24-19-18(23-20)25-30-26-19)28-8-6-17(7-9-28)15-27-10-12-29-13-11-27/h1-5,17H,6-15H2,(H,22,23,25). The van der Waals surface area contributed by atoms with Crippen LogP contribution in [0.2, 0.25) is 0 Å². The van der Waals surface area contributed by atoms with Crippen LogP contribution in [0.15, 0.2) is 35.0 Å². The van der Waals surface area contributed by atoms with E-state index in [1.165, 1.54) is 5.56 Å². The fourth-order valence-electron chi connectivity index (χ4n) is 4.23. The van der Waals surface area contributed by atoms with Crippen molar-refractivity contribution in [3.63, 3.8) is 0 Å². The van der Waals surface area contributed by atoms with E-state index in [2.05, 4.69) is 42.5 Å². The summed E-state index contributed by atoms with van der Waals surface area (Å²) in [4.78, 5) is 14.2. The topological polar surface area (TPSA) is 92.4 Å². The minimum Gasteiger partial charge on any atom is -0.379 e. The molecule has 2 saturated heterocycles. The van der Waals surface area contributed by atoms with Gasteiger partial charge in [0.15, 0.2) is 11.6 Å². The van der Waals surface area contributed by atoms with E-state index >= 15 is 0 Å². The minimum atomic E-state index is 0.427. The van der Waals surface area contributed by atoms with Crippen molar-refractivity contribution >= 4 is 22.9 Å². The van der Waals surface area contributed by atoms with Gasteiger partial charge in [0.25, 0.3) is 0 Å². The van der Waals surface area contributed by atoms with Crippen molar-refractivity contribution in [3.05, 3.63) is 35.9 Å². The molecule has 2 aliphatic heterocycles. The first-order chi connectivity index (χ1) is 14.8. The molecule has 0 unspecified atom stereocenters. The summed E-state index contributed by atoms with van der Waals surface area (Å²) in [6, 6.07) is 10.3. The van der Waals surface area contributed by atoms with E-state index in [1.807, 2.05) is 18.2 Å². The summed E-state index contributed by atoms with van der Waals surface area (Å²) in [5.74, 6) is 2.28. The molecule has 0 radical (unpaired) electrons. The predicted molar refractivity (Wildman–Crippen MR) is 113 cm³/mol. The zero-order valence-electron chi connectivity index (χ0n) is 17.0. The van der Waals surface area contributed by atoms with Crippen LogP contribution in [0.1, 0.15) is 18.4 Å². The number of fused-ring (bicyclic) bond motifs is 1. The van der Waals surface area contributed by atoms with Crippen molar-refractivity contribution in [1.29, 1.82) is 0 Å². The quantitative estimate of drug-likeness (QED) is 0.657. The van der Waals surface area contributed by atoms with Gasteiger partial charge in [0.05, 0.1) is 13.2 Å². The maximum atomic E-state index is 5.47. The molecule has 30 heavy (non-hydrogen) atoms. The first-order valence-electron chi connectivity index (χ1n) is 10.7. The zero-order chi connectivity index (χ0) is 20.2. The summed E-state index contributed by atoms with van der Waals surface area (Å²) in [6.07, 6.45) is 2.29. The lowest BCUT2D eigenvalue weighted by molar-refractivity contribution is 0.0289. The molecule has 0 spiro atoms. The zero-order valence-corrected chi connectivity index (χ0v) is 17.0. The largest absolute Gasteiger partial charge is 0.379 e. The van der Waals surface area contributed by atoms with Gasteiger partial charge in [-0.3, -0.25) is 4.90 Å². The van der Waals surface area contributed by atoms with Gasteiger partial charge in [0.2, 0.25) is 11.3 Å². The van der Waals surface area contributed by atoms with Crippen molar-refractivity contribution in [2.24, 2.45) is 5.92 Å². The van der Waals surface area contributed by atoms with E-state index in [1.54, 1.807) is 0 Å². The Morgan fingerprint density at radius 1 is 0.933 bits per heavy atom. The molecule has 0 amide bonds. The first-order valence-corrected chi connectivity index (χ1v) is 10.7. The summed E-state index contributed by atoms with van der Waals surface area (Å²) in [5, 5.41) is 11.2. The van der Waals surface area contributed by atoms with Crippen LogP contribution < -0.4 is 10.2 Å². The van der Waals surface area contributed by atoms with Crippen LogP contribution in [0.3, 0.4) is 0 Å². The van der Waals surface area contributed by atoms with Crippen molar-refractivity contribution in [3.8, 4) is 0 Å². The predicted octanol–water partition coefficient (Wildman–Crippen LogP) is 2.17. The molecular weight excluding hydrogens is 382 g/mol. The van der Waals surface area contributed by atoms with Gasteiger partial charge in [-0.2, -0.15) is 0 Å². The van der Waals surface area contributed by atoms with Crippen LogP contribution in [-0.4, -0.2) is 71.1 Å². The lowest BCUT2D eigenvalue weighted by Crippen LogP contribution is -2.43. The third-order valence-corrected chi connectivity index (χ3v) is 5.93. The summed E-state index contributed by atoms with van der Waals surface area (Å²) in [6.45, 7) is 7.57. The van der Waals surface area contributed by atoms with Crippen LogP contribution in [0.25, 0.3) is 11.3 Å². The molecule has 0 aliphatic carbocycles. The summed E-state index contributed by atoms with van der Waals surface area (Å²) in [5.41, 5.74) is 2.06. The lowest BCUT2D eigenvalue weighted by Gasteiger charge is -2.36. The average molecular weight is 409 g/mol. The Morgan fingerprint density at radius 2 is 1.67 bits per heavy atom. The maximum absolute atomic E-state index is 5.47. The molecule has 5 rings (SSSR count). The van der Waals surface area contributed by atoms with Crippen LogP contribution >= 0.6 is 0 Å². The van der Waals surface area contributed by atoms with E-state index in [0.717, 1.165) is 70.4 Å². The van der Waals surface area contributed by atoms with Crippen molar-refractivity contribution < 1.29 is 9.37 Å². The third kappa shape index (κ3) is 4.36. The van der Waals surface area contributed by atoms with E-state index in [-0.39, 0.29) is 0 Å². The number of hydrogen-bond donors (Lipinski definition) is 1. The monoisotopic (exact) mass is 409 g/mol. The number of rotatable bonds is 6. The molecule has 9 heteroatoms. The third-order valence-electron chi connectivity index (χ3n) is 5.93. The second-order valence-electron chi connectivity index (χ2n) is 7.99. The Labute approximate surface area is 175 Å². The van der Waals surface area contributed by atoms with Gasteiger partial charge < -0.3 is 15.0 Å². The van der Waals surface area contributed by atoms with Gasteiger partial charge in [-0.25, -0.2) is 14.6 Å². The van der Waals surface area contributed by atoms with Gasteiger partial charge in [-0.15, -0.1) is 0 Å². The normalized spacial score (nSPS) is 18.7. The van der Waals surface area contributed by atoms with E-state index in [9.17, 15) is 0 Å². The fourth-order valence-corrected chi connectivity index (χ4v) is 4.23. The average Bonchev–Trinajstić information content (AvgIpc) is 3.26. The van der Waals surface area contributed by atoms with Gasteiger partial charge in [0, 0.05) is 39.3 Å². The van der Waals surface area contributed by atoms with Gasteiger partial charge in [-0.05, 0) is 34.6 Å². The van der Waals surface area contributed by atoms with Crippen molar-refractivity contribution in [1.82, 2.24) is 25.2 Å². The highest BCUT2D eigenvalue weighted by Crippen LogP contribution is 2.29. The minimum absolute atomic E-state index is 0.427. The molecule has 0 bridgehead atoms. The molecule has 9 nitrogen and oxygen atoms in total. The number of morpholine rings is 1. The second kappa shape index (κ2) is 8.93. The summed E-state index contributed by atoms with van der Waals surface area (Å²) >= 11 is 0. The molecule has 158 valence electrons. The molecule has 4 heterocycles. The number of nitrogens with zero attached hydrogens (tertiary/aromatic N) is 6. The Bertz CT molecular complexity index is 950. The number of piperidine rings is 1. The molecule has 0 atom stereocenters. The highest BCUT2D eigenvalue weighted by molar-refractivity contribution is 5.74. The molecular formula is C21H27N7O2. The highest BCUT2D eigenvalue weighted by atomic mass is 16.6. The van der Waals surface area contributed by atoms with Gasteiger partial charge in [-0.1, -0.05) is 30.3 Å². The first kappa shape index (κ1) is 19.2. The number of anilines is 2. The number of ether oxygens (including phenoxy) is 1. The highest BCUT2D eigenvalue weighted by Gasteiger charge is 2.26. The second-order valence-corrected chi connectivity index (χ2v) is 7.99. The number of aromatic nitrogens is 4. The van der Waals surface area contributed by atoms with Crippen molar-refractivity contribution in [2.45, 2.75) is 19.4 Å². The maximum Gasteiger partial charge on any atom is 0.245 e. The number of benzene rings is 1. The van der Waals surface area contributed by atoms with E-state index < -0.39 is 0 Å². The van der Waals surface area contributed by atoms with E-state index in [0.29, 0.717) is 23.8 Å². The Balaban J connectivity index is 1.28. The van der Waals surface area contributed by atoms with Crippen LogP contribution in [0, 0.1) is 5.92 Å². The van der Waals surface area contributed by atoms with Gasteiger partial charge in [0.1, 0.15) is 0 Å². The fraction of sp³-hybridized carbons (Fsp3) is 0.524. The van der Waals surface area contributed by atoms with E-state index in [4.69, 9.17) is 14.3 Å². The number of hydrogen-bond acceptors (Lipinski definition) is 9. The smallest absolute Gasteiger partial charge is 0.245 e. The van der Waals surface area contributed by atoms with Crippen LogP contribution in [-0.2, 0) is 11.3 Å². The molecule has 0 saturated carbocycles. The molecule has 1 N–H and O–H groups in total. The molecule has 2 fully saturated rings. The Morgan fingerprint density at radius 3 is 2.43 bits per heavy atom. The molecule has 3 aromatic rings. The Kier molecular flexibility index (Phi) is 5.71. The number of nitrogens with one attached hydrogen (secondary N) is 1. The lowest BCUT2D eigenvalue weighted by atomic mass is 9.96. The summed E-state index contributed by atoms with van der Waals surface area (Å²) < 4.78 is 10.3. The SMILES string of the molecule is c1ccc(CNc2nc3nonc3nc2N2CCC(CN3CCOCC3)CC2)cc1. The van der Waals surface area contributed by atoms with Crippen LogP contribution in [0.5, 0.6) is 0 Å². The molecule has 2 aromatic heterocycles. The Hall–Kier alpha value is -2.78. The van der Waals surface area contributed by atoms with Gasteiger partial charge >= 0.3 is 0 Å². The summed E-state index contributed by atoms with van der Waals surface area (Å²) in [7, 11) is 0.